The van der Waals surface area contributed by atoms with E-state index in [2.05, 4.69) is 15.9 Å². The van der Waals surface area contributed by atoms with Gasteiger partial charge in [-0.3, -0.25) is 9.36 Å². The molecule has 1 rings (SSSR count). The van der Waals surface area contributed by atoms with Gasteiger partial charge in [-0.2, -0.15) is 0 Å². The van der Waals surface area contributed by atoms with Crippen molar-refractivity contribution in [2.75, 3.05) is 13.3 Å². The number of halogens is 1. The largest absolute Gasteiger partial charge is 0.442 e. The van der Waals surface area contributed by atoms with Gasteiger partial charge < -0.3 is 4.52 Å². The first kappa shape index (κ1) is 11.5. The van der Waals surface area contributed by atoms with Gasteiger partial charge >= 0.3 is 0 Å². The topological polar surface area (TPSA) is 43.4 Å². The number of aldehydes is 1. The highest BCUT2D eigenvalue weighted by molar-refractivity contribution is 9.10. The van der Waals surface area contributed by atoms with Crippen molar-refractivity contribution in [2.24, 2.45) is 0 Å². The van der Waals surface area contributed by atoms with Crippen LogP contribution >= 0.6 is 23.3 Å². The maximum atomic E-state index is 11.4. The Bertz CT molecular complexity index is 397. The Morgan fingerprint density at radius 2 is 2.07 bits per heavy atom. The van der Waals surface area contributed by atoms with Crippen LogP contribution in [0, 0.1) is 0 Å². The van der Waals surface area contributed by atoms with E-state index in [-0.39, 0.29) is 0 Å². The van der Waals surface area contributed by atoms with Crippen LogP contribution in [0.5, 0.6) is 5.75 Å². The van der Waals surface area contributed by atoms with Crippen molar-refractivity contribution >= 4 is 29.6 Å². The fourth-order valence-corrected chi connectivity index (χ4v) is 1.95. The van der Waals surface area contributed by atoms with E-state index < -0.39 is 7.37 Å². The molecule has 0 radical (unpaired) electrons. The standard InChI is InChI=1S/C9H10BrO3P/c1-14(2,12)13-9-4-3-8(10)5-7(9)6-11/h3-6H,1-2H3. The summed E-state index contributed by atoms with van der Waals surface area (Å²) in [6, 6.07) is 4.98. The summed E-state index contributed by atoms with van der Waals surface area (Å²) in [7, 11) is -2.62. The lowest BCUT2D eigenvalue weighted by atomic mass is 10.2. The average Bonchev–Trinajstić information content (AvgIpc) is 2.06. The summed E-state index contributed by atoms with van der Waals surface area (Å²) in [5, 5.41) is 0. The van der Waals surface area contributed by atoms with Crippen molar-refractivity contribution in [3.63, 3.8) is 0 Å². The summed E-state index contributed by atoms with van der Waals surface area (Å²) in [5.41, 5.74) is 0.392. The maximum Gasteiger partial charge on any atom is 0.242 e. The van der Waals surface area contributed by atoms with Gasteiger partial charge in [0.2, 0.25) is 7.37 Å². The van der Waals surface area contributed by atoms with Gasteiger partial charge in [0.15, 0.2) is 6.29 Å². The lowest BCUT2D eigenvalue weighted by Gasteiger charge is -2.11. The van der Waals surface area contributed by atoms with E-state index in [9.17, 15) is 9.36 Å². The predicted octanol–water partition coefficient (Wildman–Crippen LogP) is 3.18. The van der Waals surface area contributed by atoms with E-state index >= 15 is 0 Å². The minimum absolute atomic E-state index is 0.358. The molecule has 3 nitrogen and oxygen atoms in total. The molecule has 76 valence electrons. The highest BCUT2D eigenvalue weighted by Gasteiger charge is 2.12. The van der Waals surface area contributed by atoms with E-state index in [1.54, 1.807) is 18.2 Å². The Morgan fingerprint density at radius 1 is 1.43 bits per heavy atom. The Morgan fingerprint density at radius 3 is 2.57 bits per heavy atom. The van der Waals surface area contributed by atoms with Crippen LogP contribution in [0.3, 0.4) is 0 Å². The fraction of sp³-hybridized carbons (Fsp3) is 0.222. The number of hydrogen-bond acceptors (Lipinski definition) is 3. The molecule has 0 aliphatic heterocycles. The molecular weight excluding hydrogens is 267 g/mol. The molecule has 0 spiro atoms. The van der Waals surface area contributed by atoms with Gasteiger partial charge in [0, 0.05) is 17.8 Å². The second-order valence-corrected chi connectivity index (χ2v) is 6.75. The van der Waals surface area contributed by atoms with E-state index in [1.807, 2.05) is 0 Å². The summed E-state index contributed by atoms with van der Waals surface area (Å²) in [6.07, 6.45) is 0.676. The van der Waals surface area contributed by atoms with Gasteiger partial charge in [0.1, 0.15) is 5.75 Å². The third kappa shape index (κ3) is 3.28. The molecular formula is C9H10BrO3P. The predicted molar refractivity (Wildman–Crippen MR) is 59.6 cm³/mol. The van der Waals surface area contributed by atoms with E-state index in [4.69, 9.17) is 4.52 Å². The Labute approximate surface area is 91.0 Å². The molecule has 0 aliphatic carbocycles. The molecule has 0 atom stereocenters. The molecule has 1 aromatic carbocycles. The normalized spacial score (nSPS) is 11.1. The number of carbonyl (C=O) groups is 1. The highest BCUT2D eigenvalue weighted by atomic mass is 79.9. The van der Waals surface area contributed by atoms with Crippen molar-refractivity contribution in [3.8, 4) is 5.75 Å². The summed E-state index contributed by atoms with van der Waals surface area (Å²) >= 11 is 3.23. The smallest absolute Gasteiger partial charge is 0.242 e. The molecule has 0 aromatic heterocycles. The zero-order valence-electron chi connectivity index (χ0n) is 7.86. The van der Waals surface area contributed by atoms with Crippen LogP contribution in [-0.2, 0) is 4.57 Å². The van der Waals surface area contributed by atoms with Gasteiger partial charge in [-0.25, -0.2) is 0 Å². The molecule has 0 amide bonds. The molecule has 0 saturated carbocycles. The number of benzene rings is 1. The minimum atomic E-state index is -2.62. The van der Waals surface area contributed by atoms with Crippen molar-refractivity contribution in [1.82, 2.24) is 0 Å². The summed E-state index contributed by atoms with van der Waals surface area (Å²) in [6.45, 7) is 3.01. The van der Waals surface area contributed by atoms with E-state index in [0.29, 0.717) is 17.6 Å². The number of carbonyl (C=O) groups excluding carboxylic acids is 1. The molecule has 0 aliphatic rings. The van der Waals surface area contributed by atoms with Gasteiger partial charge in [-0.15, -0.1) is 0 Å². The molecule has 0 fully saturated rings. The molecule has 5 heteroatoms. The first-order valence-corrected chi connectivity index (χ1v) is 7.23. The van der Waals surface area contributed by atoms with Crippen LogP contribution in [0.1, 0.15) is 10.4 Å². The molecule has 0 N–H and O–H groups in total. The molecule has 0 heterocycles. The Hall–Kier alpha value is -0.600. The fourth-order valence-electron chi connectivity index (χ4n) is 0.931. The molecule has 0 bridgehead atoms. The van der Waals surface area contributed by atoms with Crippen molar-refractivity contribution in [1.29, 1.82) is 0 Å². The third-order valence-electron chi connectivity index (χ3n) is 1.42. The van der Waals surface area contributed by atoms with Crippen LogP contribution in [0.15, 0.2) is 22.7 Å². The first-order valence-electron chi connectivity index (χ1n) is 3.92. The molecule has 0 unspecified atom stereocenters. The van der Waals surface area contributed by atoms with Crippen molar-refractivity contribution in [3.05, 3.63) is 28.2 Å². The Kier molecular flexibility index (Phi) is 3.51. The molecule has 14 heavy (non-hydrogen) atoms. The first-order chi connectivity index (χ1) is 6.42. The van der Waals surface area contributed by atoms with Crippen molar-refractivity contribution in [2.45, 2.75) is 0 Å². The second-order valence-electron chi connectivity index (χ2n) is 3.14. The second kappa shape index (κ2) is 4.28. The monoisotopic (exact) mass is 276 g/mol. The number of rotatable bonds is 3. The highest BCUT2D eigenvalue weighted by Crippen LogP contribution is 2.40. The lowest BCUT2D eigenvalue weighted by molar-refractivity contribution is 0.112. The average molecular weight is 277 g/mol. The Balaban J connectivity index is 3.09. The van der Waals surface area contributed by atoms with Gasteiger partial charge in [0.05, 0.1) is 5.56 Å². The van der Waals surface area contributed by atoms with Crippen LogP contribution in [-0.4, -0.2) is 19.6 Å². The SMILES string of the molecule is CP(C)(=O)Oc1ccc(Br)cc1C=O. The zero-order valence-corrected chi connectivity index (χ0v) is 10.3. The van der Waals surface area contributed by atoms with Crippen LogP contribution in [0.25, 0.3) is 0 Å². The van der Waals surface area contributed by atoms with Crippen molar-refractivity contribution < 1.29 is 13.9 Å². The third-order valence-corrected chi connectivity index (χ3v) is 2.55. The lowest BCUT2D eigenvalue weighted by Crippen LogP contribution is -1.93. The molecule has 1 aromatic rings. The number of hydrogen-bond donors (Lipinski definition) is 0. The minimum Gasteiger partial charge on any atom is -0.442 e. The molecule has 0 saturated heterocycles. The quantitative estimate of drug-likeness (QED) is 0.629. The van der Waals surface area contributed by atoms with Gasteiger partial charge in [-0.1, -0.05) is 15.9 Å². The van der Waals surface area contributed by atoms with Gasteiger partial charge in [-0.05, 0) is 18.2 Å². The van der Waals surface area contributed by atoms with E-state index in [0.717, 1.165) is 4.47 Å². The summed E-state index contributed by atoms with van der Waals surface area (Å²) in [5.74, 6) is 0.358. The van der Waals surface area contributed by atoms with Crippen LogP contribution in [0.4, 0.5) is 0 Å². The summed E-state index contributed by atoms with van der Waals surface area (Å²) < 4.78 is 17.4. The van der Waals surface area contributed by atoms with Crippen LogP contribution in [0.2, 0.25) is 0 Å². The van der Waals surface area contributed by atoms with Gasteiger partial charge in [0.25, 0.3) is 0 Å². The zero-order chi connectivity index (χ0) is 10.8. The maximum absolute atomic E-state index is 11.4. The van der Waals surface area contributed by atoms with E-state index in [1.165, 1.54) is 13.3 Å². The van der Waals surface area contributed by atoms with Crippen LogP contribution < -0.4 is 4.52 Å². The summed E-state index contributed by atoms with van der Waals surface area (Å²) in [4.78, 5) is 10.7.